The average Bonchev–Trinajstić information content (AvgIpc) is 3.14. The molecular formula is C18H16N2O2S. The molecule has 4 rings (SSSR count). The quantitative estimate of drug-likeness (QED) is 0.795. The first kappa shape index (κ1) is 14.2. The molecule has 0 bridgehead atoms. The Hall–Kier alpha value is -2.40. The molecule has 0 saturated carbocycles. The second kappa shape index (κ2) is 5.66. The van der Waals surface area contributed by atoms with Gasteiger partial charge >= 0.3 is 5.97 Å². The van der Waals surface area contributed by atoms with Gasteiger partial charge in [0.25, 0.3) is 0 Å². The Morgan fingerprint density at radius 2 is 2.22 bits per heavy atom. The number of aromatic nitrogens is 1. The summed E-state index contributed by atoms with van der Waals surface area (Å²) in [6.07, 6.45) is 5.27. The molecular weight excluding hydrogens is 308 g/mol. The number of hydrogen-bond acceptors (Lipinski definition) is 5. The zero-order chi connectivity index (χ0) is 15.8. The van der Waals surface area contributed by atoms with Crippen LogP contribution in [-0.2, 0) is 16.0 Å². The third-order valence-electron chi connectivity index (χ3n) is 4.28. The second-order valence-corrected chi connectivity index (χ2v) is 6.48. The van der Waals surface area contributed by atoms with Crippen molar-refractivity contribution in [3.05, 3.63) is 63.7 Å². The molecule has 2 aliphatic rings. The van der Waals surface area contributed by atoms with Crippen molar-refractivity contribution in [1.82, 2.24) is 9.88 Å². The van der Waals surface area contributed by atoms with Crippen molar-refractivity contribution in [3.63, 3.8) is 0 Å². The van der Waals surface area contributed by atoms with Crippen LogP contribution >= 0.6 is 11.3 Å². The smallest absolute Gasteiger partial charge is 0.335 e. The van der Waals surface area contributed by atoms with Crippen LogP contribution in [0.15, 0.2) is 47.6 Å². The number of rotatable bonds is 2. The zero-order valence-electron chi connectivity index (χ0n) is 12.8. The molecule has 2 aliphatic heterocycles. The summed E-state index contributed by atoms with van der Waals surface area (Å²) in [7, 11) is 1.43. The number of benzene rings is 1. The lowest BCUT2D eigenvalue weighted by Gasteiger charge is -2.36. The molecule has 0 radical (unpaired) electrons. The normalized spacial score (nSPS) is 16.6. The predicted molar refractivity (Wildman–Crippen MR) is 90.5 cm³/mol. The summed E-state index contributed by atoms with van der Waals surface area (Å²) in [5, 5.41) is 2.94. The Morgan fingerprint density at radius 3 is 3.00 bits per heavy atom. The van der Waals surface area contributed by atoms with Crippen molar-refractivity contribution in [1.29, 1.82) is 0 Å². The fraction of sp³-hybridized carbons (Fsp3) is 0.222. The Kier molecular flexibility index (Phi) is 3.50. The summed E-state index contributed by atoms with van der Waals surface area (Å²) >= 11 is 1.61. The largest absolute Gasteiger partial charge is 0.466 e. The van der Waals surface area contributed by atoms with Gasteiger partial charge in [-0.3, -0.25) is 0 Å². The highest BCUT2D eigenvalue weighted by Crippen LogP contribution is 2.42. The lowest BCUT2D eigenvalue weighted by Crippen LogP contribution is -2.29. The van der Waals surface area contributed by atoms with Gasteiger partial charge in [0.05, 0.1) is 18.4 Å². The van der Waals surface area contributed by atoms with Crippen molar-refractivity contribution < 1.29 is 9.53 Å². The molecule has 5 heteroatoms. The van der Waals surface area contributed by atoms with Gasteiger partial charge in [-0.15, -0.1) is 11.3 Å². The molecule has 0 saturated heterocycles. The van der Waals surface area contributed by atoms with Gasteiger partial charge in [0.15, 0.2) is 0 Å². The van der Waals surface area contributed by atoms with E-state index in [9.17, 15) is 4.79 Å². The first-order valence-corrected chi connectivity index (χ1v) is 8.43. The van der Waals surface area contributed by atoms with E-state index in [1.165, 1.54) is 23.9 Å². The van der Waals surface area contributed by atoms with E-state index in [1.807, 2.05) is 17.8 Å². The Bertz CT molecular complexity index is 821. The maximum absolute atomic E-state index is 12.0. The molecule has 2 aromatic rings. The minimum Gasteiger partial charge on any atom is -0.466 e. The van der Waals surface area contributed by atoms with Gasteiger partial charge in [0.1, 0.15) is 5.01 Å². The summed E-state index contributed by atoms with van der Waals surface area (Å²) in [5.41, 5.74) is 5.55. The van der Waals surface area contributed by atoms with Gasteiger partial charge in [-0.25, -0.2) is 9.78 Å². The molecule has 4 nitrogen and oxygen atoms in total. The lowest BCUT2D eigenvalue weighted by molar-refractivity contribution is -0.136. The number of fused-ring (bicyclic) bond motifs is 3. The molecule has 0 atom stereocenters. The van der Waals surface area contributed by atoms with E-state index >= 15 is 0 Å². The van der Waals surface area contributed by atoms with Crippen LogP contribution in [-0.4, -0.2) is 29.5 Å². The van der Waals surface area contributed by atoms with Gasteiger partial charge in [-0.2, -0.15) is 0 Å². The first-order valence-electron chi connectivity index (χ1n) is 7.55. The highest BCUT2D eigenvalue weighted by atomic mass is 32.1. The molecule has 0 N–H and O–H groups in total. The van der Waals surface area contributed by atoms with Crippen molar-refractivity contribution in [2.75, 3.05) is 13.7 Å². The van der Waals surface area contributed by atoms with Crippen LogP contribution in [0.1, 0.15) is 22.6 Å². The molecule has 0 aliphatic carbocycles. The first-order chi connectivity index (χ1) is 11.3. The van der Waals surface area contributed by atoms with Crippen LogP contribution in [0.3, 0.4) is 0 Å². The number of methoxy groups -OCH3 is 1. The zero-order valence-corrected chi connectivity index (χ0v) is 13.6. The highest BCUT2D eigenvalue weighted by molar-refractivity contribution is 7.10. The highest BCUT2D eigenvalue weighted by Gasteiger charge is 2.30. The van der Waals surface area contributed by atoms with E-state index in [2.05, 4.69) is 34.1 Å². The average molecular weight is 324 g/mol. The minimum atomic E-state index is -0.267. The van der Waals surface area contributed by atoms with Crippen LogP contribution in [0.5, 0.6) is 0 Å². The number of hydrogen-bond donors (Lipinski definition) is 0. The minimum absolute atomic E-state index is 0.267. The number of ether oxygens (including phenoxy) is 1. The van der Waals surface area contributed by atoms with Crippen molar-refractivity contribution in [2.24, 2.45) is 0 Å². The Balaban J connectivity index is 1.89. The van der Waals surface area contributed by atoms with Gasteiger partial charge < -0.3 is 9.64 Å². The van der Waals surface area contributed by atoms with Gasteiger partial charge in [0, 0.05) is 41.9 Å². The van der Waals surface area contributed by atoms with Gasteiger partial charge in [-0.05, 0) is 12.0 Å². The van der Waals surface area contributed by atoms with Crippen LogP contribution in [0.2, 0.25) is 0 Å². The summed E-state index contributed by atoms with van der Waals surface area (Å²) in [5.74, 6) is -0.267. The SMILES string of the molecule is COC(=O)C1=CN2CCc3ccccc3C2=C(c2nccs2)C1. The number of thiazole rings is 1. The monoisotopic (exact) mass is 324 g/mol. The van der Waals surface area contributed by atoms with Crippen LogP contribution < -0.4 is 0 Å². The molecule has 1 aromatic heterocycles. The lowest BCUT2D eigenvalue weighted by atomic mass is 9.89. The molecule has 1 aromatic carbocycles. The molecule has 0 unspecified atom stereocenters. The van der Waals surface area contributed by atoms with E-state index in [-0.39, 0.29) is 5.97 Å². The van der Waals surface area contributed by atoms with Crippen molar-refractivity contribution in [3.8, 4) is 0 Å². The number of carbonyl (C=O) groups excluding carboxylic acids is 1. The van der Waals surface area contributed by atoms with E-state index in [4.69, 9.17) is 4.74 Å². The maximum Gasteiger partial charge on any atom is 0.335 e. The standard InChI is InChI=1S/C18H16N2O2S/c1-22-18(21)13-10-15(17-19-7-9-23-17)16-14-5-3-2-4-12(14)6-8-20(16)11-13/h2-5,7,9,11H,6,8,10H2,1H3. The third-order valence-corrected chi connectivity index (χ3v) is 5.12. The molecule has 0 spiro atoms. The summed E-state index contributed by atoms with van der Waals surface area (Å²) in [6.45, 7) is 0.863. The molecule has 23 heavy (non-hydrogen) atoms. The molecule has 116 valence electrons. The molecule has 0 amide bonds. The van der Waals surface area contributed by atoms with Crippen molar-refractivity contribution >= 4 is 28.6 Å². The van der Waals surface area contributed by atoms with E-state index < -0.39 is 0 Å². The van der Waals surface area contributed by atoms with E-state index in [0.717, 1.165) is 23.5 Å². The number of carbonyl (C=O) groups is 1. The fourth-order valence-corrected chi connectivity index (χ4v) is 3.94. The topological polar surface area (TPSA) is 42.4 Å². The molecule has 3 heterocycles. The Labute approximate surface area is 138 Å². The summed E-state index contributed by atoms with van der Waals surface area (Å²) < 4.78 is 4.93. The fourth-order valence-electron chi connectivity index (χ4n) is 3.26. The summed E-state index contributed by atoms with van der Waals surface area (Å²) in [6, 6.07) is 8.48. The van der Waals surface area contributed by atoms with Crippen molar-refractivity contribution in [2.45, 2.75) is 12.8 Å². The van der Waals surface area contributed by atoms with E-state index in [0.29, 0.717) is 12.0 Å². The van der Waals surface area contributed by atoms with Crippen LogP contribution in [0.4, 0.5) is 0 Å². The molecule has 0 fully saturated rings. The number of esters is 1. The predicted octanol–water partition coefficient (Wildman–Crippen LogP) is 3.33. The van der Waals surface area contributed by atoms with Crippen LogP contribution in [0, 0.1) is 0 Å². The summed E-state index contributed by atoms with van der Waals surface area (Å²) in [4.78, 5) is 18.7. The Morgan fingerprint density at radius 1 is 1.35 bits per heavy atom. The number of allylic oxidation sites excluding steroid dienone is 1. The van der Waals surface area contributed by atoms with E-state index in [1.54, 1.807) is 11.3 Å². The maximum atomic E-state index is 12.0. The van der Waals surface area contributed by atoms with Gasteiger partial charge in [0.2, 0.25) is 0 Å². The van der Waals surface area contributed by atoms with Crippen LogP contribution in [0.25, 0.3) is 11.3 Å². The third kappa shape index (κ3) is 2.37. The van der Waals surface area contributed by atoms with Gasteiger partial charge in [-0.1, -0.05) is 24.3 Å². The number of nitrogens with zero attached hydrogens (tertiary/aromatic N) is 2. The second-order valence-electron chi connectivity index (χ2n) is 5.59.